The van der Waals surface area contributed by atoms with E-state index in [-0.39, 0.29) is 12.1 Å². The minimum Gasteiger partial charge on any atom is -0.370 e. The van der Waals surface area contributed by atoms with Crippen LogP contribution in [0.4, 0.5) is 0 Å². The summed E-state index contributed by atoms with van der Waals surface area (Å²) in [6.45, 7) is 4.97. The summed E-state index contributed by atoms with van der Waals surface area (Å²) in [5.41, 5.74) is 5.68. The molecule has 17 heavy (non-hydrogen) atoms. The molecule has 1 heterocycles. The van der Waals surface area contributed by atoms with Crippen LogP contribution >= 0.6 is 0 Å². The first kappa shape index (κ1) is 14.2. The van der Waals surface area contributed by atoms with Gasteiger partial charge in [0.25, 0.3) is 0 Å². The maximum atomic E-state index is 11.5. The van der Waals surface area contributed by atoms with Gasteiger partial charge in [-0.1, -0.05) is 0 Å². The topological polar surface area (TPSA) is 87.8 Å². The molecule has 0 aliphatic carbocycles. The third-order valence-electron chi connectivity index (χ3n) is 2.66. The number of guanidine groups is 1. The number of aliphatic imine (C=N–C) groups is 1. The first-order chi connectivity index (χ1) is 7.80. The molecule has 100 valence electrons. The summed E-state index contributed by atoms with van der Waals surface area (Å²) in [5, 5.41) is 2.98. The molecule has 0 amide bonds. The summed E-state index contributed by atoms with van der Waals surface area (Å²) in [5.74, 6) is 0.375. The highest BCUT2D eigenvalue weighted by atomic mass is 32.2. The number of nitrogens with one attached hydrogen (secondary N) is 1. The fourth-order valence-electron chi connectivity index (χ4n) is 1.97. The molecule has 3 N–H and O–H groups in total. The zero-order valence-electron chi connectivity index (χ0n) is 10.7. The first-order valence-corrected chi connectivity index (χ1v) is 7.69. The van der Waals surface area contributed by atoms with E-state index in [0.717, 1.165) is 12.8 Å². The van der Waals surface area contributed by atoms with E-state index in [9.17, 15) is 8.42 Å². The van der Waals surface area contributed by atoms with E-state index in [4.69, 9.17) is 5.73 Å². The van der Waals surface area contributed by atoms with Gasteiger partial charge in [0, 0.05) is 18.6 Å². The van der Waals surface area contributed by atoms with Crippen LogP contribution < -0.4 is 11.1 Å². The molecule has 0 spiro atoms. The summed E-state index contributed by atoms with van der Waals surface area (Å²) < 4.78 is 24.5. The lowest BCUT2D eigenvalue weighted by Gasteiger charge is -2.20. The average molecular weight is 262 g/mol. The van der Waals surface area contributed by atoms with Crippen molar-refractivity contribution in [2.75, 3.05) is 19.3 Å². The van der Waals surface area contributed by atoms with Gasteiger partial charge < -0.3 is 11.1 Å². The average Bonchev–Trinajstić information content (AvgIpc) is 2.60. The first-order valence-electron chi connectivity index (χ1n) is 5.84. The van der Waals surface area contributed by atoms with Crippen LogP contribution in [0, 0.1) is 0 Å². The maximum absolute atomic E-state index is 11.5. The van der Waals surface area contributed by atoms with E-state index >= 15 is 0 Å². The van der Waals surface area contributed by atoms with Gasteiger partial charge in [-0.25, -0.2) is 8.42 Å². The molecule has 0 bridgehead atoms. The molecule has 1 fully saturated rings. The third-order valence-corrected chi connectivity index (χ3v) is 3.99. The van der Waals surface area contributed by atoms with Crippen molar-refractivity contribution in [3.05, 3.63) is 0 Å². The summed E-state index contributed by atoms with van der Waals surface area (Å²) in [7, 11) is -3.12. The minimum absolute atomic E-state index is 0.0440. The van der Waals surface area contributed by atoms with Crippen LogP contribution in [0.2, 0.25) is 0 Å². The smallest absolute Gasteiger partial charge is 0.211 e. The molecule has 0 radical (unpaired) electrons. The molecule has 0 aromatic rings. The Kier molecular flexibility index (Phi) is 4.76. The van der Waals surface area contributed by atoms with Crippen LogP contribution in [0.1, 0.15) is 26.7 Å². The summed E-state index contributed by atoms with van der Waals surface area (Å²) in [6.07, 6.45) is 2.99. The van der Waals surface area contributed by atoms with Gasteiger partial charge in [-0.3, -0.25) is 4.99 Å². The van der Waals surface area contributed by atoms with E-state index in [1.807, 2.05) is 13.8 Å². The van der Waals surface area contributed by atoms with Crippen LogP contribution in [-0.4, -0.2) is 50.1 Å². The van der Waals surface area contributed by atoms with E-state index in [1.165, 1.54) is 10.6 Å². The van der Waals surface area contributed by atoms with Gasteiger partial charge >= 0.3 is 0 Å². The van der Waals surface area contributed by atoms with Crippen molar-refractivity contribution in [2.24, 2.45) is 10.7 Å². The fraction of sp³-hybridized carbons (Fsp3) is 0.900. The second-order valence-corrected chi connectivity index (χ2v) is 6.63. The van der Waals surface area contributed by atoms with Gasteiger partial charge in [0.1, 0.15) is 0 Å². The number of hydrogen-bond donors (Lipinski definition) is 2. The van der Waals surface area contributed by atoms with Crippen molar-refractivity contribution in [3.63, 3.8) is 0 Å². The fourth-order valence-corrected chi connectivity index (χ4v) is 3.15. The molecular formula is C10H22N4O2S. The van der Waals surface area contributed by atoms with Crippen molar-refractivity contribution >= 4 is 16.0 Å². The molecule has 1 atom stereocenters. The van der Waals surface area contributed by atoms with Crippen molar-refractivity contribution in [1.29, 1.82) is 0 Å². The molecule has 0 aromatic carbocycles. The van der Waals surface area contributed by atoms with Gasteiger partial charge in [-0.15, -0.1) is 0 Å². The molecule has 1 rings (SSSR count). The lowest BCUT2D eigenvalue weighted by atomic mass is 10.2. The molecular weight excluding hydrogens is 240 g/mol. The Balaban J connectivity index is 2.57. The molecule has 0 aromatic heterocycles. The molecule has 7 heteroatoms. The highest BCUT2D eigenvalue weighted by Crippen LogP contribution is 2.20. The molecule has 1 aliphatic heterocycles. The SMILES string of the molecule is CC(C)NC(N)=NC[C@H]1CCCN1S(C)(=O)=O. The van der Waals surface area contributed by atoms with Gasteiger partial charge in [0.2, 0.25) is 10.0 Å². The largest absolute Gasteiger partial charge is 0.370 e. The second kappa shape index (κ2) is 5.68. The highest BCUT2D eigenvalue weighted by Gasteiger charge is 2.30. The van der Waals surface area contributed by atoms with E-state index in [0.29, 0.717) is 19.0 Å². The van der Waals surface area contributed by atoms with Crippen molar-refractivity contribution in [1.82, 2.24) is 9.62 Å². The predicted octanol–water partition coefficient (Wildman–Crippen LogP) is -0.277. The number of sulfonamides is 1. The Morgan fingerprint density at radius 3 is 2.76 bits per heavy atom. The van der Waals surface area contributed by atoms with Crippen LogP contribution in [0.25, 0.3) is 0 Å². The Morgan fingerprint density at radius 1 is 1.59 bits per heavy atom. The molecule has 6 nitrogen and oxygen atoms in total. The standard InChI is InChI=1S/C10H22N4O2S/c1-8(2)13-10(11)12-7-9-5-4-6-14(9)17(3,15)16/h8-9H,4-7H2,1-3H3,(H3,11,12,13)/t9-/m1/s1. The van der Waals surface area contributed by atoms with Crippen LogP contribution in [-0.2, 0) is 10.0 Å². The monoisotopic (exact) mass is 262 g/mol. The lowest BCUT2D eigenvalue weighted by Crippen LogP contribution is -2.40. The Morgan fingerprint density at radius 2 is 2.24 bits per heavy atom. The van der Waals surface area contributed by atoms with E-state index in [2.05, 4.69) is 10.3 Å². The van der Waals surface area contributed by atoms with Gasteiger partial charge in [0.15, 0.2) is 5.96 Å². The number of rotatable bonds is 4. The predicted molar refractivity (Wildman–Crippen MR) is 69.3 cm³/mol. The number of nitrogens with two attached hydrogens (primary N) is 1. The molecule has 1 aliphatic rings. The van der Waals surface area contributed by atoms with Gasteiger partial charge in [-0.2, -0.15) is 4.31 Å². The zero-order valence-corrected chi connectivity index (χ0v) is 11.5. The van der Waals surface area contributed by atoms with Crippen molar-refractivity contribution in [3.8, 4) is 0 Å². The minimum atomic E-state index is -3.12. The van der Waals surface area contributed by atoms with Gasteiger partial charge in [-0.05, 0) is 26.7 Å². The van der Waals surface area contributed by atoms with Crippen LogP contribution in [0.15, 0.2) is 4.99 Å². The second-order valence-electron chi connectivity index (χ2n) is 4.69. The third kappa shape index (κ3) is 4.51. The summed E-state index contributed by atoms with van der Waals surface area (Å²) in [6, 6.07) is 0.186. The van der Waals surface area contributed by atoms with Crippen LogP contribution in [0.5, 0.6) is 0 Å². The summed E-state index contributed by atoms with van der Waals surface area (Å²) >= 11 is 0. The molecule has 0 unspecified atom stereocenters. The maximum Gasteiger partial charge on any atom is 0.211 e. The van der Waals surface area contributed by atoms with Crippen LogP contribution in [0.3, 0.4) is 0 Å². The van der Waals surface area contributed by atoms with Gasteiger partial charge in [0.05, 0.1) is 12.8 Å². The van der Waals surface area contributed by atoms with Crippen molar-refractivity contribution < 1.29 is 8.42 Å². The molecule has 0 saturated carbocycles. The lowest BCUT2D eigenvalue weighted by molar-refractivity contribution is 0.396. The zero-order chi connectivity index (χ0) is 13.1. The highest BCUT2D eigenvalue weighted by molar-refractivity contribution is 7.88. The number of hydrogen-bond acceptors (Lipinski definition) is 3. The summed E-state index contributed by atoms with van der Waals surface area (Å²) in [4.78, 5) is 4.19. The van der Waals surface area contributed by atoms with E-state index < -0.39 is 10.0 Å². The Hall–Kier alpha value is -0.820. The quantitative estimate of drug-likeness (QED) is 0.539. The Labute approximate surface area is 103 Å². The van der Waals surface area contributed by atoms with E-state index in [1.54, 1.807) is 0 Å². The number of nitrogens with zero attached hydrogens (tertiary/aromatic N) is 2. The normalized spacial score (nSPS) is 23.3. The van der Waals surface area contributed by atoms with Crippen molar-refractivity contribution in [2.45, 2.75) is 38.8 Å². The Bertz CT molecular complexity index is 378. The molecule has 1 saturated heterocycles.